The summed E-state index contributed by atoms with van der Waals surface area (Å²) >= 11 is 1.98. The van der Waals surface area contributed by atoms with Crippen LogP contribution in [0.15, 0.2) is 0 Å². The normalized spacial score (nSPS) is 38.8. The van der Waals surface area contributed by atoms with Crippen molar-refractivity contribution < 1.29 is 4.79 Å². The number of nitrogens with one attached hydrogen (secondary N) is 1. The number of amides is 1. The summed E-state index contributed by atoms with van der Waals surface area (Å²) in [5, 5.41) is 4.21. The van der Waals surface area contributed by atoms with E-state index in [0.717, 1.165) is 11.7 Å². The maximum atomic E-state index is 12.3. The van der Waals surface area contributed by atoms with E-state index in [2.05, 4.69) is 30.3 Å². The Balaban J connectivity index is 1.96. The highest BCUT2D eigenvalue weighted by atomic mass is 32.2. The van der Waals surface area contributed by atoms with Gasteiger partial charge in [0.2, 0.25) is 5.91 Å². The van der Waals surface area contributed by atoms with Gasteiger partial charge in [-0.1, -0.05) is 6.92 Å². The maximum Gasteiger partial charge on any atom is 0.241 e. The molecule has 1 amide bonds. The van der Waals surface area contributed by atoms with Gasteiger partial charge >= 0.3 is 0 Å². The van der Waals surface area contributed by atoms with Gasteiger partial charge in [0.15, 0.2) is 0 Å². The smallest absolute Gasteiger partial charge is 0.241 e. The van der Waals surface area contributed by atoms with Crippen LogP contribution in [-0.2, 0) is 4.79 Å². The molecular formula is C13H24N2OS. The monoisotopic (exact) mass is 256 g/mol. The van der Waals surface area contributed by atoms with Crippen LogP contribution in [0.1, 0.15) is 46.0 Å². The third-order valence-corrected chi connectivity index (χ3v) is 5.33. The van der Waals surface area contributed by atoms with Gasteiger partial charge in [-0.25, -0.2) is 0 Å². The summed E-state index contributed by atoms with van der Waals surface area (Å²) in [5.41, 5.74) is 0. The van der Waals surface area contributed by atoms with E-state index in [9.17, 15) is 4.79 Å². The molecule has 17 heavy (non-hydrogen) atoms. The maximum absolute atomic E-state index is 12.3. The lowest BCUT2D eigenvalue weighted by molar-refractivity contribution is -0.132. The summed E-state index contributed by atoms with van der Waals surface area (Å²) in [4.78, 5) is 14.4. The van der Waals surface area contributed by atoms with E-state index < -0.39 is 0 Å². The topological polar surface area (TPSA) is 32.3 Å². The average Bonchev–Trinajstić information content (AvgIpc) is 2.64. The number of nitrogens with zero attached hydrogens (tertiary/aromatic N) is 1. The van der Waals surface area contributed by atoms with Gasteiger partial charge in [0.05, 0.1) is 12.2 Å². The Morgan fingerprint density at radius 2 is 2.00 bits per heavy atom. The predicted octanol–water partition coefficient (Wildman–Crippen LogP) is 2.22. The first-order valence-corrected chi connectivity index (χ1v) is 8.07. The van der Waals surface area contributed by atoms with Crippen molar-refractivity contribution in [2.75, 3.05) is 6.26 Å². The Bertz CT molecular complexity index is 277. The molecular weight excluding hydrogens is 232 g/mol. The lowest BCUT2D eigenvalue weighted by Crippen LogP contribution is -2.45. The second-order valence-electron chi connectivity index (χ2n) is 5.22. The van der Waals surface area contributed by atoms with Gasteiger partial charge in [0.25, 0.3) is 0 Å². The van der Waals surface area contributed by atoms with Crippen LogP contribution in [-0.4, -0.2) is 40.6 Å². The van der Waals surface area contributed by atoms with Crippen molar-refractivity contribution in [1.82, 2.24) is 10.2 Å². The van der Waals surface area contributed by atoms with Crippen molar-refractivity contribution in [2.45, 2.75) is 69.5 Å². The van der Waals surface area contributed by atoms with Gasteiger partial charge in [0.1, 0.15) is 0 Å². The number of rotatable bonds is 3. The Hall–Kier alpha value is -0.220. The van der Waals surface area contributed by atoms with Gasteiger partial charge in [-0.3, -0.25) is 10.1 Å². The van der Waals surface area contributed by atoms with Crippen molar-refractivity contribution in [2.24, 2.45) is 0 Å². The highest BCUT2D eigenvalue weighted by molar-refractivity contribution is 7.99. The molecule has 2 rings (SSSR count). The van der Waals surface area contributed by atoms with Crippen molar-refractivity contribution in [3.63, 3.8) is 0 Å². The first-order valence-electron chi connectivity index (χ1n) is 6.78. The van der Waals surface area contributed by atoms with Gasteiger partial charge < -0.3 is 4.90 Å². The molecule has 1 aliphatic heterocycles. The summed E-state index contributed by atoms with van der Waals surface area (Å²) in [5.74, 6) is 0.326. The quantitative estimate of drug-likeness (QED) is 0.840. The lowest BCUT2D eigenvalue weighted by atomic mass is 9.93. The summed E-state index contributed by atoms with van der Waals surface area (Å²) in [6.45, 7) is 4.20. The zero-order chi connectivity index (χ0) is 12.4. The molecule has 2 fully saturated rings. The third kappa shape index (κ3) is 2.63. The Morgan fingerprint density at radius 3 is 2.47 bits per heavy atom. The van der Waals surface area contributed by atoms with E-state index in [1.165, 1.54) is 25.7 Å². The van der Waals surface area contributed by atoms with E-state index in [0.29, 0.717) is 11.9 Å². The Morgan fingerprint density at radius 1 is 1.35 bits per heavy atom. The zero-order valence-corrected chi connectivity index (χ0v) is 11.9. The van der Waals surface area contributed by atoms with Crippen LogP contribution in [0.3, 0.4) is 0 Å². The van der Waals surface area contributed by atoms with Gasteiger partial charge in [0, 0.05) is 11.3 Å². The largest absolute Gasteiger partial charge is 0.323 e. The second kappa shape index (κ2) is 5.61. The van der Waals surface area contributed by atoms with E-state index >= 15 is 0 Å². The molecule has 1 saturated heterocycles. The summed E-state index contributed by atoms with van der Waals surface area (Å²) in [7, 11) is 0. The van der Waals surface area contributed by atoms with Crippen LogP contribution in [0, 0.1) is 0 Å². The minimum atomic E-state index is 0.0586. The number of hydrogen-bond donors (Lipinski definition) is 1. The summed E-state index contributed by atoms with van der Waals surface area (Å²) in [6.07, 6.45) is 8.21. The van der Waals surface area contributed by atoms with Crippen LogP contribution < -0.4 is 5.32 Å². The molecule has 1 aliphatic carbocycles. The highest BCUT2D eigenvalue weighted by Crippen LogP contribution is 2.32. The molecule has 1 N–H and O–H groups in total. The second-order valence-corrected chi connectivity index (χ2v) is 6.35. The predicted molar refractivity (Wildman–Crippen MR) is 73.1 cm³/mol. The van der Waals surface area contributed by atoms with Crippen molar-refractivity contribution in [1.29, 1.82) is 0 Å². The zero-order valence-electron chi connectivity index (χ0n) is 11.1. The van der Waals surface area contributed by atoms with Crippen LogP contribution in [0.25, 0.3) is 0 Å². The molecule has 1 heterocycles. The lowest BCUT2D eigenvalue weighted by Gasteiger charge is -2.36. The van der Waals surface area contributed by atoms with Crippen LogP contribution in [0.4, 0.5) is 0 Å². The number of thioether (sulfide) groups is 1. The van der Waals surface area contributed by atoms with Crippen LogP contribution in [0.5, 0.6) is 0 Å². The molecule has 0 aromatic heterocycles. The summed E-state index contributed by atoms with van der Waals surface area (Å²) in [6, 6.07) is 0.535. The fourth-order valence-electron chi connectivity index (χ4n) is 3.16. The Labute approximate surface area is 109 Å². The minimum Gasteiger partial charge on any atom is -0.323 e. The highest BCUT2D eigenvalue weighted by Gasteiger charge is 2.40. The number of carbonyl (C=O) groups is 1. The third-order valence-electron chi connectivity index (χ3n) is 4.19. The van der Waals surface area contributed by atoms with Crippen molar-refractivity contribution >= 4 is 17.7 Å². The molecule has 2 unspecified atom stereocenters. The van der Waals surface area contributed by atoms with Crippen molar-refractivity contribution in [3.05, 3.63) is 0 Å². The molecule has 0 bridgehead atoms. The minimum absolute atomic E-state index is 0.0586. The van der Waals surface area contributed by atoms with E-state index in [4.69, 9.17) is 0 Å². The molecule has 0 aromatic rings. The SMILES string of the molecule is CCC1NC(C)N(C2CCC(SC)CC2)C1=O. The Kier molecular flexibility index (Phi) is 4.36. The fourth-order valence-corrected chi connectivity index (χ4v) is 3.90. The average molecular weight is 256 g/mol. The number of hydrogen-bond acceptors (Lipinski definition) is 3. The first kappa shape index (κ1) is 13.2. The van der Waals surface area contributed by atoms with Gasteiger partial charge in [-0.15, -0.1) is 0 Å². The standard InChI is InChI=1S/C13H24N2OS/c1-4-12-13(16)15(9(2)14-12)10-5-7-11(17-3)8-6-10/h9-12,14H,4-8H2,1-3H3. The van der Waals surface area contributed by atoms with Crippen LogP contribution >= 0.6 is 11.8 Å². The molecule has 4 heteroatoms. The van der Waals surface area contributed by atoms with E-state index in [1.54, 1.807) is 0 Å². The van der Waals surface area contributed by atoms with E-state index in [1.807, 2.05) is 11.8 Å². The first-order chi connectivity index (χ1) is 8.17. The fraction of sp³-hybridized carbons (Fsp3) is 0.923. The van der Waals surface area contributed by atoms with Crippen molar-refractivity contribution in [3.8, 4) is 0 Å². The summed E-state index contributed by atoms with van der Waals surface area (Å²) < 4.78 is 0. The van der Waals surface area contributed by atoms with Crippen LogP contribution in [0.2, 0.25) is 0 Å². The van der Waals surface area contributed by atoms with Gasteiger partial charge in [-0.05, 0) is 45.3 Å². The molecule has 1 saturated carbocycles. The molecule has 0 radical (unpaired) electrons. The molecule has 2 atom stereocenters. The van der Waals surface area contributed by atoms with E-state index in [-0.39, 0.29) is 12.2 Å². The number of carbonyl (C=O) groups excluding carboxylic acids is 1. The molecule has 2 aliphatic rings. The molecule has 98 valence electrons. The molecule has 0 spiro atoms. The molecule has 3 nitrogen and oxygen atoms in total. The van der Waals surface area contributed by atoms with Gasteiger partial charge in [-0.2, -0.15) is 11.8 Å². The molecule has 0 aromatic carbocycles.